The fourth-order valence-corrected chi connectivity index (χ4v) is 4.59. The van der Waals surface area contributed by atoms with Crippen LogP contribution in [-0.2, 0) is 16.1 Å². The van der Waals surface area contributed by atoms with Crippen LogP contribution in [0.3, 0.4) is 0 Å². The number of esters is 1. The van der Waals surface area contributed by atoms with Gasteiger partial charge in [-0.2, -0.15) is 0 Å². The monoisotopic (exact) mass is 543 g/mol. The number of ether oxygens (including phenoxy) is 1. The molecule has 1 atom stereocenters. The van der Waals surface area contributed by atoms with E-state index in [1.807, 2.05) is 44.4 Å². The van der Waals surface area contributed by atoms with Crippen LogP contribution >= 0.6 is 23.4 Å². The normalized spacial score (nSPS) is 11.8. The molecule has 1 aromatic heterocycles. The molecular weight excluding hydrogens is 514 g/mol. The first kappa shape index (κ1) is 28.2. The minimum atomic E-state index is -0.590. The van der Waals surface area contributed by atoms with Crippen molar-refractivity contribution >= 4 is 46.8 Å². The Kier molecular flexibility index (Phi) is 9.71. The minimum Gasteiger partial charge on any atom is -0.465 e. The number of rotatable bonds is 10. The van der Waals surface area contributed by atoms with E-state index in [-0.39, 0.29) is 40.1 Å². The Balaban J connectivity index is 1.70. The van der Waals surface area contributed by atoms with Gasteiger partial charge in [-0.1, -0.05) is 54.9 Å². The maximum Gasteiger partial charge on any atom is 0.339 e. The highest BCUT2D eigenvalue weighted by Gasteiger charge is 2.26. The van der Waals surface area contributed by atoms with Crippen LogP contribution in [0.25, 0.3) is 0 Å². The third-order valence-electron chi connectivity index (χ3n) is 5.59. The zero-order valence-electron chi connectivity index (χ0n) is 21.4. The Hall–Kier alpha value is -3.37. The number of aromatic nitrogens is 3. The summed E-state index contributed by atoms with van der Waals surface area (Å²) in [5, 5.41) is 15.3. The number of anilines is 1. The number of thioether (sulfide) groups is 1. The van der Waals surface area contributed by atoms with Crippen LogP contribution in [-0.4, -0.2) is 45.4 Å². The smallest absolute Gasteiger partial charge is 0.339 e. The van der Waals surface area contributed by atoms with Gasteiger partial charge in [0.2, 0.25) is 5.91 Å². The molecule has 9 nitrogen and oxygen atoms in total. The molecule has 0 saturated carbocycles. The summed E-state index contributed by atoms with van der Waals surface area (Å²) in [4.78, 5) is 37.3. The molecule has 2 aromatic carbocycles. The van der Waals surface area contributed by atoms with Gasteiger partial charge in [0.1, 0.15) is 0 Å². The summed E-state index contributed by atoms with van der Waals surface area (Å²) in [6.45, 7) is 8.50. The number of carbonyl (C=O) groups is 3. The molecule has 0 radical (unpaired) electrons. The first-order valence-electron chi connectivity index (χ1n) is 11.8. The van der Waals surface area contributed by atoms with E-state index in [9.17, 15) is 14.4 Å². The largest absolute Gasteiger partial charge is 0.465 e. The molecule has 3 aromatic rings. The lowest BCUT2D eigenvalue weighted by Gasteiger charge is -2.22. The lowest BCUT2D eigenvalue weighted by atomic mass is 10.0. The fraction of sp³-hybridized carbons (Fsp3) is 0.346. The summed E-state index contributed by atoms with van der Waals surface area (Å²) < 4.78 is 6.61. The zero-order chi connectivity index (χ0) is 27.1. The number of hydrogen-bond donors (Lipinski definition) is 2. The molecule has 2 N–H and O–H groups in total. The van der Waals surface area contributed by atoms with Crippen molar-refractivity contribution in [1.82, 2.24) is 20.1 Å². The summed E-state index contributed by atoms with van der Waals surface area (Å²) in [5.74, 6) is -0.319. The quantitative estimate of drug-likeness (QED) is 0.276. The highest BCUT2D eigenvalue weighted by Crippen LogP contribution is 2.26. The summed E-state index contributed by atoms with van der Waals surface area (Å²) in [6, 6.07) is 11.6. The Morgan fingerprint density at radius 2 is 1.81 bits per heavy atom. The van der Waals surface area contributed by atoms with Gasteiger partial charge in [-0.25, -0.2) is 4.79 Å². The Bertz CT molecular complexity index is 1280. The van der Waals surface area contributed by atoms with E-state index >= 15 is 0 Å². The van der Waals surface area contributed by atoms with Gasteiger partial charge in [-0.15, -0.1) is 10.2 Å². The third kappa shape index (κ3) is 7.11. The average molecular weight is 544 g/mol. The number of nitrogens with zero attached hydrogens (tertiary/aromatic N) is 3. The first-order valence-corrected chi connectivity index (χ1v) is 13.1. The first-order chi connectivity index (χ1) is 17.6. The van der Waals surface area contributed by atoms with Crippen LogP contribution in [0.15, 0.2) is 47.6 Å². The highest BCUT2D eigenvalue weighted by molar-refractivity contribution is 7.99. The van der Waals surface area contributed by atoms with Gasteiger partial charge in [0, 0.05) is 17.8 Å². The van der Waals surface area contributed by atoms with E-state index in [0.29, 0.717) is 28.8 Å². The van der Waals surface area contributed by atoms with Crippen molar-refractivity contribution in [2.24, 2.45) is 5.92 Å². The van der Waals surface area contributed by atoms with Gasteiger partial charge in [-0.3, -0.25) is 9.59 Å². The Morgan fingerprint density at radius 1 is 1.11 bits per heavy atom. The van der Waals surface area contributed by atoms with Crippen molar-refractivity contribution in [2.75, 3.05) is 18.2 Å². The molecule has 0 aliphatic heterocycles. The molecule has 2 amide bonds. The predicted molar refractivity (Wildman–Crippen MR) is 144 cm³/mol. The molecule has 11 heteroatoms. The molecule has 0 spiro atoms. The van der Waals surface area contributed by atoms with E-state index < -0.39 is 5.97 Å². The van der Waals surface area contributed by atoms with Gasteiger partial charge in [0.15, 0.2) is 11.0 Å². The second-order valence-corrected chi connectivity index (χ2v) is 10.0. The van der Waals surface area contributed by atoms with Crippen LogP contribution in [0.4, 0.5) is 5.69 Å². The second kappa shape index (κ2) is 12.7. The lowest BCUT2D eigenvalue weighted by molar-refractivity contribution is -0.113. The van der Waals surface area contributed by atoms with E-state index in [1.165, 1.54) is 31.0 Å². The number of benzene rings is 2. The van der Waals surface area contributed by atoms with Crippen molar-refractivity contribution in [3.8, 4) is 0 Å². The van der Waals surface area contributed by atoms with E-state index in [4.69, 9.17) is 16.3 Å². The molecule has 0 aliphatic rings. The number of aryl methyl sites for hydroxylation is 1. The number of hydrogen-bond acceptors (Lipinski definition) is 7. The summed E-state index contributed by atoms with van der Waals surface area (Å²) in [7, 11) is 1.26. The maximum absolute atomic E-state index is 12.9. The van der Waals surface area contributed by atoms with Crippen molar-refractivity contribution in [3.05, 3.63) is 70.0 Å². The van der Waals surface area contributed by atoms with Crippen LogP contribution in [0.5, 0.6) is 0 Å². The van der Waals surface area contributed by atoms with Gasteiger partial charge >= 0.3 is 5.97 Å². The van der Waals surface area contributed by atoms with Gasteiger partial charge in [0.25, 0.3) is 5.91 Å². The number of carbonyl (C=O) groups excluding carboxylic acids is 3. The summed E-state index contributed by atoms with van der Waals surface area (Å²) in [5.41, 5.74) is 2.24. The molecule has 0 fully saturated rings. The molecule has 0 aliphatic carbocycles. The molecule has 0 saturated heterocycles. The van der Waals surface area contributed by atoms with Crippen molar-refractivity contribution in [2.45, 2.75) is 45.4 Å². The predicted octanol–water partition coefficient (Wildman–Crippen LogP) is 4.90. The molecule has 3 rings (SSSR count). The lowest BCUT2D eigenvalue weighted by Crippen LogP contribution is -2.33. The number of nitrogens with one attached hydrogen (secondary N) is 2. The molecule has 1 unspecified atom stereocenters. The minimum absolute atomic E-state index is 0.0546. The van der Waals surface area contributed by atoms with E-state index in [1.54, 1.807) is 18.2 Å². The van der Waals surface area contributed by atoms with Crippen LogP contribution in [0.2, 0.25) is 5.02 Å². The van der Waals surface area contributed by atoms with Crippen LogP contribution in [0, 0.1) is 12.8 Å². The van der Waals surface area contributed by atoms with Crippen LogP contribution < -0.4 is 10.6 Å². The third-order valence-corrected chi connectivity index (χ3v) is 6.89. The van der Waals surface area contributed by atoms with E-state index in [2.05, 4.69) is 20.8 Å². The SMILES string of the molecule is CCn1c(SCC(=O)Nc2ccc(Cl)c(C(=O)OC)c2)nnc1C(NC(=O)c1ccc(C)cc1)C(C)C. The molecule has 196 valence electrons. The van der Waals surface area contributed by atoms with Crippen molar-refractivity contribution < 1.29 is 19.1 Å². The zero-order valence-corrected chi connectivity index (χ0v) is 22.9. The standard InChI is InChI=1S/C26H30ClN5O4S/c1-6-32-23(22(15(2)3)29-24(34)17-9-7-16(4)8-10-17)30-31-26(32)37-14-21(33)28-18-11-12-20(27)19(13-18)25(35)36-5/h7-13,15,22H,6,14H2,1-5H3,(H,28,33)(H,29,34). The molecule has 0 bridgehead atoms. The van der Waals surface area contributed by atoms with Gasteiger partial charge < -0.3 is 19.9 Å². The summed E-state index contributed by atoms with van der Waals surface area (Å²) in [6.07, 6.45) is 0. The van der Waals surface area contributed by atoms with Crippen LogP contribution in [0.1, 0.15) is 58.9 Å². The highest BCUT2D eigenvalue weighted by atomic mass is 35.5. The maximum atomic E-state index is 12.9. The fourth-order valence-electron chi connectivity index (χ4n) is 3.59. The van der Waals surface area contributed by atoms with Crippen molar-refractivity contribution in [1.29, 1.82) is 0 Å². The average Bonchev–Trinajstić information content (AvgIpc) is 3.29. The molecule has 1 heterocycles. The Labute approximate surface area is 225 Å². The van der Waals surface area contributed by atoms with Gasteiger partial charge in [0.05, 0.1) is 29.5 Å². The van der Waals surface area contributed by atoms with E-state index in [0.717, 1.165) is 5.56 Å². The Morgan fingerprint density at radius 3 is 2.43 bits per heavy atom. The van der Waals surface area contributed by atoms with Crippen molar-refractivity contribution in [3.63, 3.8) is 0 Å². The number of halogens is 1. The topological polar surface area (TPSA) is 115 Å². The molecular formula is C26H30ClN5O4S. The van der Waals surface area contributed by atoms with Gasteiger partial charge in [-0.05, 0) is 50.1 Å². The number of amides is 2. The summed E-state index contributed by atoms with van der Waals surface area (Å²) >= 11 is 7.27. The second-order valence-electron chi connectivity index (χ2n) is 8.67. The number of methoxy groups -OCH3 is 1. The molecule has 37 heavy (non-hydrogen) atoms.